The van der Waals surface area contributed by atoms with Gasteiger partial charge < -0.3 is 15.4 Å². The topological polar surface area (TPSA) is 75.9 Å². The molecule has 1 fully saturated rings. The van der Waals surface area contributed by atoms with E-state index in [1.807, 2.05) is 24.3 Å². The number of hydrogen-bond donors (Lipinski definition) is 1. The highest BCUT2D eigenvalue weighted by atomic mass is 19.1. The maximum absolute atomic E-state index is 13.3. The number of primary amides is 1. The molecular formula is C22H26FN3O3. The molecule has 154 valence electrons. The molecule has 1 aliphatic heterocycles. The molecule has 0 unspecified atom stereocenters. The van der Waals surface area contributed by atoms with E-state index in [-0.39, 0.29) is 37.3 Å². The predicted molar refractivity (Wildman–Crippen MR) is 109 cm³/mol. The van der Waals surface area contributed by atoms with E-state index in [9.17, 15) is 14.0 Å². The zero-order valence-corrected chi connectivity index (χ0v) is 16.5. The van der Waals surface area contributed by atoms with E-state index in [0.717, 1.165) is 30.7 Å². The zero-order valence-electron chi connectivity index (χ0n) is 16.5. The van der Waals surface area contributed by atoms with Crippen LogP contribution in [0.15, 0.2) is 48.5 Å². The summed E-state index contributed by atoms with van der Waals surface area (Å²) in [6.45, 7) is 1.20. The molecule has 3 rings (SSSR count). The summed E-state index contributed by atoms with van der Waals surface area (Å²) < 4.78 is 18.5. The molecule has 29 heavy (non-hydrogen) atoms. The van der Waals surface area contributed by atoms with E-state index in [1.165, 1.54) is 17.0 Å². The summed E-state index contributed by atoms with van der Waals surface area (Å²) in [4.78, 5) is 28.0. The lowest BCUT2D eigenvalue weighted by Gasteiger charge is -2.29. The molecule has 7 heteroatoms. The number of benzene rings is 2. The molecule has 0 spiro atoms. The van der Waals surface area contributed by atoms with Crippen LogP contribution in [0.25, 0.3) is 0 Å². The highest BCUT2D eigenvalue weighted by Crippen LogP contribution is 2.32. The number of anilines is 1. The molecule has 1 heterocycles. The summed E-state index contributed by atoms with van der Waals surface area (Å²) in [5.74, 6) is -0.209. The maximum Gasteiger partial charge on any atom is 0.241 e. The van der Waals surface area contributed by atoms with Gasteiger partial charge in [-0.2, -0.15) is 0 Å². The van der Waals surface area contributed by atoms with Crippen molar-refractivity contribution in [1.29, 1.82) is 0 Å². The zero-order chi connectivity index (χ0) is 20.8. The van der Waals surface area contributed by atoms with Crippen LogP contribution in [0.3, 0.4) is 0 Å². The van der Waals surface area contributed by atoms with Gasteiger partial charge >= 0.3 is 0 Å². The van der Waals surface area contributed by atoms with E-state index in [4.69, 9.17) is 10.5 Å². The monoisotopic (exact) mass is 399 g/mol. The Hall–Kier alpha value is -2.93. The fourth-order valence-electron chi connectivity index (χ4n) is 3.72. The summed E-state index contributed by atoms with van der Waals surface area (Å²) in [5, 5.41) is 0. The number of carbonyl (C=O) groups is 2. The quantitative estimate of drug-likeness (QED) is 0.741. The summed E-state index contributed by atoms with van der Waals surface area (Å²) >= 11 is 0. The van der Waals surface area contributed by atoms with Crippen molar-refractivity contribution in [3.05, 3.63) is 59.9 Å². The average molecular weight is 399 g/mol. The predicted octanol–water partition coefficient (Wildman–Crippen LogP) is 2.88. The van der Waals surface area contributed by atoms with Crippen molar-refractivity contribution < 1.29 is 18.7 Å². The molecule has 0 aliphatic carbocycles. The summed E-state index contributed by atoms with van der Waals surface area (Å²) in [5.41, 5.74) is 6.96. The van der Waals surface area contributed by atoms with E-state index in [1.54, 1.807) is 19.2 Å². The lowest BCUT2D eigenvalue weighted by molar-refractivity contribution is -0.120. The molecule has 1 saturated heterocycles. The van der Waals surface area contributed by atoms with E-state index >= 15 is 0 Å². The van der Waals surface area contributed by atoms with E-state index < -0.39 is 5.91 Å². The van der Waals surface area contributed by atoms with Crippen molar-refractivity contribution in [2.75, 3.05) is 31.6 Å². The Kier molecular flexibility index (Phi) is 6.82. The molecule has 6 nitrogen and oxygen atoms in total. The van der Waals surface area contributed by atoms with Crippen molar-refractivity contribution in [2.45, 2.75) is 25.3 Å². The van der Waals surface area contributed by atoms with Gasteiger partial charge in [0.2, 0.25) is 11.8 Å². The minimum atomic E-state index is -0.484. The fraction of sp³-hybridized carbons (Fsp3) is 0.364. The van der Waals surface area contributed by atoms with Crippen LogP contribution in [0.1, 0.15) is 30.9 Å². The summed E-state index contributed by atoms with van der Waals surface area (Å²) in [6, 6.07) is 13.7. The van der Waals surface area contributed by atoms with Crippen molar-refractivity contribution in [3.63, 3.8) is 0 Å². The third kappa shape index (κ3) is 5.32. The van der Waals surface area contributed by atoms with Crippen molar-refractivity contribution in [3.8, 4) is 5.75 Å². The van der Waals surface area contributed by atoms with Crippen LogP contribution in [-0.2, 0) is 9.59 Å². The molecule has 2 amide bonds. The van der Waals surface area contributed by atoms with E-state index in [2.05, 4.69) is 4.90 Å². The Morgan fingerprint density at radius 1 is 1.17 bits per heavy atom. The average Bonchev–Trinajstić information content (AvgIpc) is 3.17. The Morgan fingerprint density at radius 2 is 1.86 bits per heavy atom. The van der Waals surface area contributed by atoms with E-state index in [0.29, 0.717) is 5.69 Å². The van der Waals surface area contributed by atoms with Gasteiger partial charge in [-0.1, -0.05) is 12.1 Å². The molecule has 2 N–H and O–H groups in total. The van der Waals surface area contributed by atoms with Crippen LogP contribution in [0.4, 0.5) is 10.1 Å². The van der Waals surface area contributed by atoms with Crippen molar-refractivity contribution in [2.24, 2.45) is 5.73 Å². The van der Waals surface area contributed by atoms with Crippen LogP contribution >= 0.6 is 0 Å². The van der Waals surface area contributed by atoms with Crippen LogP contribution in [-0.4, -0.2) is 43.5 Å². The second-order valence-electron chi connectivity index (χ2n) is 7.14. The van der Waals surface area contributed by atoms with Crippen molar-refractivity contribution in [1.82, 2.24) is 4.90 Å². The Labute approximate surface area is 170 Å². The van der Waals surface area contributed by atoms with Crippen molar-refractivity contribution >= 4 is 17.5 Å². The smallest absolute Gasteiger partial charge is 0.241 e. The normalized spacial score (nSPS) is 16.6. The van der Waals surface area contributed by atoms with Gasteiger partial charge in [-0.05, 0) is 61.3 Å². The first-order valence-electron chi connectivity index (χ1n) is 9.70. The molecule has 1 atom stereocenters. The maximum atomic E-state index is 13.3. The Balaban J connectivity index is 1.74. The van der Waals surface area contributed by atoms with Gasteiger partial charge in [0.05, 0.1) is 13.7 Å². The van der Waals surface area contributed by atoms with Gasteiger partial charge in [-0.25, -0.2) is 4.39 Å². The highest BCUT2D eigenvalue weighted by Gasteiger charge is 2.29. The minimum absolute atomic E-state index is 0.0467. The number of likely N-dealkylation sites (tertiary alicyclic amines) is 1. The lowest BCUT2D eigenvalue weighted by atomic mass is 10.0. The summed E-state index contributed by atoms with van der Waals surface area (Å²) in [7, 11) is 1.63. The first-order valence-corrected chi connectivity index (χ1v) is 9.70. The Bertz CT molecular complexity index is 839. The highest BCUT2D eigenvalue weighted by molar-refractivity contribution is 5.95. The number of ether oxygens (including phenoxy) is 1. The van der Waals surface area contributed by atoms with Gasteiger partial charge in [0, 0.05) is 24.7 Å². The summed E-state index contributed by atoms with van der Waals surface area (Å²) in [6.07, 6.45) is 2.02. The van der Waals surface area contributed by atoms with Gasteiger partial charge in [-0.3, -0.25) is 14.5 Å². The standard InChI is InChI=1S/C22H26FN3O3/c1-29-19-10-4-16(5-11-19)20-3-2-13-25(20)15-22(28)26(14-12-21(24)27)18-8-6-17(23)7-9-18/h4-11,20H,2-3,12-15H2,1H3,(H2,24,27)/t20-/m0/s1. The first kappa shape index (κ1) is 20.8. The molecule has 0 bridgehead atoms. The fourth-order valence-corrected chi connectivity index (χ4v) is 3.72. The SMILES string of the molecule is COc1ccc([C@@H]2CCCN2CC(=O)N(CCC(N)=O)c2ccc(F)cc2)cc1. The third-order valence-corrected chi connectivity index (χ3v) is 5.22. The number of methoxy groups -OCH3 is 1. The number of nitrogens with two attached hydrogens (primary N) is 1. The van der Waals surface area contributed by atoms with Gasteiger partial charge in [0.25, 0.3) is 0 Å². The largest absolute Gasteiger partial charge is 0.497 e. The number of nitrogens with zero attached hydrogens (tertiary/aromatic N) is 2. The van der Waals surface area contributed by atoms with Crippen LogP contribution in [0.5, 0.6) is 5.75 Å². The van der Waals surface area contributed by atoms with Crippen LogP contribution in [0, 0.1) is 5.82 Å². The Morgan fingerprint density at radius 3 is 2.48 bits per heavy atom. The first-order chi connectivity index (χ1) is 14.0. The second kappa shape index (κ2) is 9.52. The molecule has 2 aromatic rings. The molecular weight excluding hydrogens is 373 g/mol. The van der Waals surface area contributed by atoms with Crippen LogP contribution in [0.2, 0.25) is 0 Å². The lowest BCUT2D eigenvalue weighted by Crippen LogP contribution is -2.41. The molecule has 1 aliphatic rings. The number of halogens is 1. The molecule has 0 saturated carbocycles. The minimum Gasteiger partial charge on any atom is -0.497 e. The van der Waals surface area contributed by atoms with Gasteiger partial charge in [0.15, 0.2) is 0 Å². The molecule has 2 aromatic carbocycles. The number of amides is 2. The number of hydrogen-bond acceptors (Lipinski definition) is 4. The number of carbonyl (C=O) groups excluding carboxylic acids is 2. The molecule has 0 radical (unpaired) electrons. The molecule has 0 aromatic heterocycles. The van der Waals surface area contributed by atoms with Crippen LogP contribution < -0.4 is 15.4 Å². The van der Waals surface area contributed by atoms with Gasteiger partial charge in [-0.15, -0.1) is 0 Å². The second-order valence-corrected chi connectivity index (χ2v) is 7.14. The number of rotatable bonds is 8. The van der Waals surface area contributed by atoms with Gasteiger partial charge in [0.1, 0.15) is 11.6 Å². The third-order valence-electron chi connectivity index (χ3n) is 5.22.